The lowest BCUT2D eigenvalue weighted by atomic mass is 10.1. The van der Waals surface area contributed by atoms with E-state index in [1.54, 1.807) is 0 Å². The minimum absolute atomic E-state index is 0.178. The summed E-state index contributed by atoms with van der Waals surface area (Å²) in [6, 6.07) is 7.68. The molecule has 0 aliphatic carbocycles. The van der Waals surface area contributed by atoms with Crippen molar-refractivity contribution >= 4 is 11.5 Å². The number of carbonyl (C=O) groups is 1. The van der Waals surface area contributed by atoms with Crippen molar-refractivity contribution in [1.29, 1.82) is 0 Å². The number of Topliss-reactive ketones (excluding diaryl/α,β-unsaturated/α-hetero) is 1. The second-order valence-corrected chi connectivity index (χ2v) is 4.11. The molecule has 0 aromatic heterocycles. The molecule has 2 aliphatic rings. The predicted octanol–water partition coefficient (Wildman–Crippen LogP) is 0.953. The van der Waals surface area contributed by atoms with E-state index in [2.05, 4.69) is 10.2 Å². The second-order valence-electron chi connectivity index (χ2n) is 4.11. The van der Waals surface area contributed by atoms with Crippen LogP contribution >= 0.6 is 0 Å². The third-order valence-electron chi connectivity index (χ3n) is 3.14. The van der Waals surface area contributed by atoms with Crippen molar-refractivity contribution in [3.63, 3.8) is 0 Å². The molecule has 2 aliphatic heterocycles. The van der Waals surface area contributed by atoms with Gasteiger partial charge in [-0.1, -0.05) is 12.1 Å². The number of hydrogen-bond acceptors (Lipinski definition) is 4. The van der Waals surface area contributed by atoms with Gasteiger partial charge >= 0.3 is 0 Å². The molecule has 0 spiro atoms. The molecule has 3 rings (SSSR count). The van der Waals surface area contributed by atoms with Gasteiger partial charge in [0, 0.05) is 24.3 Å². The van der Waals surface area contributed by atoms with Crippen molar-refractivity contribution in [3.8, 4) is 0 Å². The molecule has 1 aromatic carbocycles. The van der Waals surface area contributed by atoms with Crippen LogP contribution in [0.1, 0.15) is 10.4 Å². The van der Waals surface area contributed by atoms with E-state index in [0.717, 1.165) is 24.3 Å². The molecule has 0 bridgehead atoms. The number of para-hydroxylation sites is 1. The lowest BCUT2D eigenvalue weighted by Gasteiger charge is -2.31. The third-order valence-corrected chi connectivity index (χ3v) is 3.14. The molecule has 1 atom stereocenters. The molecule has 1 aromatic rings. The molecule has 1 N–H and O–H groups in total. The van der Waals surface area contributed by atoms with E-state index in [0.29, 0.717) is 13.2 Å². The van der Waals surface area contributed by atoms with Gasteiger partial charge in [0.15, 0.2) is 0 Å². The summed E-state index contributed by atoms with van der Waals surface area (Å²) >= 11 is 0. The number of nitrogens with zero attached hydrogens (tertiary/aromatic N) is 1. The fourth-order valence-electron chi connectivity index (χ4n) is 2.28. The Bertz CT molecular complexity index is 413. The summed E-state index contributed by atoms with van der Waals surface area (Å²) in [6.07, 6.45) is -0.193. The monoisotopic (exact) mass is 218 g/mol. The number of hydrogen-bond donors (Lipinski definition) is 1. The summed E-state index contributed by atoms with van der Waals surface area (Å²) in [5.41, 5.74) is 1.75. The molecule has 0 radical (unpaired) electrons. The molecule has 4 heteroatoms. The fraction of sp³-hybridized carbons (Fsp3) is 0.417. The van der Waals surface area contributed by atoms with Crippen LogP contribution in [0.5, 0.6) is 0 Å². The van der Waals surface area contributed by atoms with Crippen LogP contribution in [-0.2, 0) is 4.74 Å². The third kappa shape index (κ3) is 1.50. The van der Waals surface area contributed by atoms with E-state index >= 15 is 0 Å². The standard InChI is InChI=1S/C12H14N2O2/c15-11-9-3-1-2-4-10(9)13-12(11)14-5-7-16-8-6-14/h1-4,12-13H,5-8H2. The maximum absolute atomic E-state index is 12.2. The number of carbonyl (C=O) groups excluding carboxylic acids is 1. The van der Waals surface area contributed by atoms with Crippen LogP contribution < -0.4 is 5.32 Å². The molecule has 0 amide bonds. The van der Waals surface area contributed by atoms with E-state index in [9.17, 15) is 4.79 Å². The fourth-order valence-corrected chi connectivity index (χ4v) is 2.28. The molecule has 4 nitrogen and oxygen atoms in total. The van der Waals surface area contributed by atoms with Gasteiger partial charge in [-0.3, -0.25) is 9.69 Å². The zero-order valence-electron chi connectivity index (χ0n) is 8.98. The Morgan fingerprint density at radius 2 is 2.00 bits per heavy atom. The number of ketones is 1. The maximum Gasteiger partial charge on any atom is 0.202 e. The Balaban J connectivity index is 1.83. The van der Waals surface area contributed by atoms with Gasteiger partial charge in [0.25, 0.3) is 0 Å². The van der Waals surface area contributed by atoms with Crippen LogP contribution in [0.25, 0.3) is 0 Å². The summed E-state index contributed by atoms with van der Waals surface area (Å²) in [4.78, 5) is 14.3. The van der Waals surface area contributed by atoms with E-state index in [-0.39, 0.29) is 11.9 Å². The van der Waals surface area contributed by atoms with Crippen LogP contribution in [0.15, 0.2) is 24.3 Å². The highest BCUT2D eigenvalue weighted by Crippen LogP contribution is 2.27. The number of morpholine rings is 1. The number of nitrogens with one attached hydrogen (secondary N) is 1. The molecule has 0 saturated carbocycles. The van der Waals surface area contributed by atoms with Crippen molar-refractivity contribution in [3.05, 3.63) is 29.8 Å². The molecular weight excluding hydrogens is 204 g/mol. The predicted molar refractivity (Wildman–Crippen MR) is 60.6 cm³/mol. The van der Waals surface area contributed by atoms with Gasteiger partial charge in [0.1, 0.15) is 6.17 Å². The van der Waals surface area contributed by atoms with Crippen molar-refractivity contribution in [2.24, 2.45) is 0 Å². The van der Waals surface area contributed by atoms with Crippen molar-refractivity contribution in [2.75, 3.05) is 31.6 Å². The SMILES string of the molecule is O=C1c2ccccc2NC1N1CCOCC1. The molecular formula is C12H14N2O2. The highest BCUT2D eigenvalue weighted by Gasteiger charge is 2.34. The first-order valence-corrected chi connectivity index (χ1v) is 5.58. The van der Waals surface area contributed by atoms with Gasteiger partial charge in [-0.25, -0.2) is 0 Å². The molecule has 1 unspecified atom stereocenters. The number of anilines is 1. The first kappa shape index (κ1) is 9.81. The Labute approximate surface area is 94.2 Å². The average Bonchev–Trinajstić information content (AvgIpc) is 2.69. The highest BCUT2D eigenvalue weighted by atomic mass is 16.5. The lowest BCUT2D eigenvalue weighted by Crippen LogP contribution is -2.48. The minimum Gasteiger partial charge on any atom is -0.379 e. The van der Waals surface area contributed by atoms with Crippen LogP contribution in [0.3, 0.4) is 0 Å². The van der Waals surface area contributed by atoms with E-state index in [1.165, 1.54) is 0 Å². The largest absolute Gasteiger partial charge is 0.379 e. The van der Waals surface area contributed by atoms with Crippen molar-refractivity contribution < 1.29 is 9.53 Å². The molecule has 1 fully saturated rings. The van der Waals surface area contributed by atoms with E-state index < -0.39 is 0 Å². The van der Waals surface area contributed by atoms with E-state index in [1.807, 2.05) is 24.3 Å². The van der Waals surface area contributed by atoms with Gasteiger partial charge in [-0.05, 0) is 12.1 Å². The first-order chi connectivity index (χ1) is 7.86. The average molecular weight is 218 g/mol. The quantitative estimate of drug-likeness (QED) is 0.762. The van der Waals surface area contributed by atoms with Gasteiger partial charge < -0.3 is 10.1 Å². The van der Waals surface area contributed by atoms with Gasteiger partial charge in [-0.2, -0.15) is 0 Å². The lowest BCUT2D eigenvalue weighted by molar-refractivity contribution is 0.0235. The highest BCUT2D eigenvalue weighted by molar-refractivity contribution is 6.10. The molecule has 16 heavy (non-hydrogen) atoms. The van der Waals surface area contributed by atoms with Crippen LogP contribution in [0, 0.1) is 0 Å². The summed E-state index contributed by atoms with van der Waals surface area (Å²) in [5.74, 6) is 0.178. The molecule has 2 heterocycles. The van der Waals surface area contributed by atoms with Crippen LogP contribution in [-0.4, -0.2) is 43.2 Å². The number of benzene rings is 1. The smallest absolute Gasteiger partial charge is 0.202 e. The summed E-state index contributed by atoms with van der Waals surface area (Å²) < 4.78 is 5.29. The van der Waals surface area contributed by atoms with Crippen molar-refractivity contribution in [1.82, 2.24) is 4.90 Å². The van der Waals surface area contributed by atoms with Gasteiger partial charge in [0.2, 0.25) is 5.78 Å². The normalized spacial score (nSPS) is 25.2. The topological polar surface area (TPSA) is 41.6 Å². The minimum atomic E-state index is -0.193. The Kier molecular flexibility index (Phi) is 2.38. The number of fused-ring (bicyclic) bond motifs is 1. The van der Waals surface area contributed by atoms with Crippen LogP contribution in [0.2, 0.25) is 0 Å². The van der Waals surface area contributed by atoms with Gasteiger partial charge in [0.05, 0.1) is 13.2 Å². The molecule has 1 saturated heterocycles. The Morgan fingerprint density at radius 3 is 2.75 bits per heavy atom. The maximum atomic E-state index is 12.2. The molecule has 84 valence electrons. The number of rotatable bonds is 1. The Hall–Kier alpha value is -1.39. The number of ether oxygens (including phenoxy) is 1. The van der Waals surface area contributed by atoms with Crippen LogP contribution in [0.4, 0.5) is 5.69 Å². The van der Waals surface area contributed by atoms with Crippen molar-refractivity contribution in [2.45, 2.75) is 6.17 Å². The summed E-state index contributed by atoms with van der Waals surface area (Å²) in [5, 5.41) is 3.27. The first-order valence-electron chi connectivity index (χ1n) is 5.58. The van der Waals surface area contributed by atoms with E-state index in [4.69, 9.17) is 4.74 Å². The summed E-state index contributed by atoms with van der Waals surface area (Å²) in [6.45, 7) is 3.05. The second kappa shape index (κ2) is 3.88. The summed E-state index contributed by atoms with van der Waals surface area (Å²) in [7, 11) is 0. The van der Waals surface area contributed by atoms with Gasteiger partial charge in [-0.15, -0.1) is 0 Å². The zero-order valence-corrected chi connectivity index (χ0v) is 8.98. The Morgan fingerprint density at radius 1 is 1.25 bits per heavy atom. The zero-order chi connectivity index (χ0) is 11.0.